The molecule has 0 saturated heterocycles. The zero-order valence-corrected chi connectivity index (χ0v) is 13.6. The Morgan fingerprint density at radius 1 is 1.36 bits per heavy atom. The van der Waals surface area contributed by atoms with Gasteiger partial charge in [-0.25, -0.2) is 0 Å². The van der Waals surface area contributed by atoms with E-state index in [2.05, 4.69) is 5.32 Å². The summed E-state index contributed by atoms with van der Waals surface area (Å²) in [4.78, 5) is 10.6. The van der Waals surface area contributed by atoms with E-state index in [0.29, 0.717) is 6.61 Å². The fourth-order valence-corrected chi connectivity index (χ4v) is 0.513. The Morgan fingerprint density at radius 3 is 2.21 bits per heavy atom. The zero-order valence-electron chi connectivity index (χ0n) is 10.4. The van der Waals surface area contributed by atoms with Gasteiger partial charge >= 0.3 is 51.4 Å². The molecule has 0 aliphatic carbocycles. The summed E-state index contributed by atoms with van der Waals surface area (Å²) >= 11 is 0. The van der Waals surface area contributed by atoms with Crippen molar-refractivity contribution in [2.45, 2.75) is 34.1 Å². The Hall–Kier alpha value is 1.07. The van der Waals surface area contributed by atoms with Crippen molar-refractivity contribution in [2.24, 2.45) is 0 Å². The number of nitrogens with one attached hydrogen (secondary N) is 1. The van der Waals surface area contributed by atoms with E-state index >= 15 is 0 Å². The Kier molecular flexibility index (Phi) is 24.1. The number of carbonyl (C=O) groups excluding carboxylic acids is 1. The molecule has 0 atom stereocenters. The van der Waals surface area contributed by atoms with Crippen LogP contribution in [0.3, 0.4) is 0 Å². The topological polar surface area (TPSA) is 38.3 Å². The molecule has 0 heterocycles. The first-order valence-electron chi connectivity index (χ1n) is 4.74. The van der Waals surface area contributed by atoms with Crippen molar-refractivity contribution in [3.8, 4) is 0 Å². The fourth-order valence-electron chi connectivity index (χ4n) is 0.513. The van der Waals surface area contributed by atoms with Crippen LogP contribution in [0.15, 0.2) is 0 Å². The molecular formula is C10H22KNO2. The van der Waals surface area contributed by atoms with Crippen molar-refractivity contribution in [1.29, 1.82) is 0 Å². The average Bonchev–Trinajstić information content (AvgIpc) is 2.15. The molecule has 0 rings (SSSR count). The molecule has 14 heavy (non-hydrogen) atoms. The van der Waals surface area contributed by atoms with Crippen molar-refractivity contribution in [1.82, 2.24) is 5.32 Å². The van der Waals surface area contributed by atoms with Gasteiger partial charge < -0.3 is 16.0 Å². The minimum atomic E-state index is -0.0706. The van der Waals surface area contributed by atoms with Gasteiger partial charge in [0, 0.05) is 13.7 Å². The molecule has 0 saturated carbocycles. The Morgan fingerprint density at radius 2 is 1.86 bits per heavy atom. The Balaban J connectivity index is -0.000000376. The molecular weight excluding hydrogens is 205 g/mol. The van der Waals surface area contributed by atoms with Crippen LogP contribution in [0.5, 0.6) is 0 Å². The molecule has 0 aliphatic rings. The van der Waals surface area contributed by atoms with Gasteiger partial charge in [0.1, 0.15) is 6.61 Å². The number of ether oxygens (including phenoxy) is 1. The van der Waals surface area contributed by atoms with Gasteiger partial charge in [0.25, 0.3) is 0 Å². The molecule has 4 heteroatoms. The van der Waals surface area contributed by atoms with E-state index < -0.39 is 0 Å². The third kappa shape index (κ3) is 18.8. The maximum Gasteiger partial charge on any atom is 1.00 e. The molecule has 0 aromatic heterocycles. The molecule has 0 aliphatic heterocycles. The van der Waals surface area contributed by atoms with E-state index in [1.165, 1.54) is 5.92 Å². The Labute approximate surface area is 131 Å². The quantitative estimate of drug-likeness (QED) is 0.363. The number of rotatable bonds is 5. The minimum Gasteiger partial charge on any atom is -0.374 e. The van der Waals surface area contributed by atoms with Crippen LogP contribution >= 0.6 is 0 Å². The van der Waals surface area contributed by atoms with Crippen molar-refractivity contribution < 1.29 is 60.9 Å². The van der Waals surface area contributed by atoms with Crippen LogP contribution in [0.1, 0.15) is 34.1 Å². The summed E-state index contributed by atoms with van der Waals surface area (Å²) in [5.41, 5.74) is 0. The van der Waals surface area contributed by atoms with Crippen LogP contribution in [-0.2, 0) is 9.53 Å². The second-order valence-electron chi connectivity index (χ2n) is 2.68. The summed E-state index contributed by atoms with van der Waals surface area (Å²) in [5, 5.41) is 2.48. The number of hydrogen-bond donors (Lipinski definition) is 1. The van der Waals surface area contributed by atoms with Crippen LogP contribution in [0, 0.1) is 5.92 Å². The average molecular weight is 227 g/mol. The molecule has 0 radical (unpaired) electrons. The molecule has 80 valence electrons. The maximum absolute atomic E-state index is 10.6. The van der Waals surface area contributed by atoms with Gasteiger partial charge in [-0.2, -0.15) is 20.3 Å². The molecule has 0 aromatic rings. The Bertz CT molecular complexity index is 119. The summed E-state index contributed by atoms with van der Waals surface area (Å²) in [7, 11) is 1.60. The predicted molar refractivity (Wildman–Crippen MR) is 55.4 cm³/mol. The summed E-state index contributed by atoms with van der Waals surface area (Å²) in [6.45, 7) is 8.89. The van der Waals surface area contributed by atoms with Gasteiger partial charge in [-0.1, -0.05) is 13.8 Å². The van der Waals surface area contributed by atoms with Gasteiger partial charge in [0.2, 0.25) is 5.91 Å². The number of amides is 1. The monoisotopic (exact) mass is 227 g/mol. The van der Waals surface area contributed by atoms with E-state index in [1.54, 1.807) is 7.05 Å². The predicted octanol–water partition coefficient (Wildman–Crippen LogP) is -1.22. The van der Waals surface area contributed by atoms with Gasteiger partial charge in [0.05, 0.1) is 0 Å². The molecule has 0 spiro atoms. The van der Waals surface area contributed by atoms with Crippen LogP contribution in [0.25, 0.3) is 0 Å². The van der Waals surface area contributed by atoms with Crippen LogP contribution in [-0.4, -0.2) is 26.2 Å². The zero-order chi connectivity index (χ0) is 10.7. The SMILES string of the molecule is CC.CNC(=O)COCC[C-](C)C.[K+]. The van der Waals surface area contributed by atoms with Gasteiger partial charge in [-0.3, -0.25) is 4.79 Å². The minimum absolute atomic E-state index is 0. The van der Waals surface area contributed by atoms with Crippen molar-refractivity contribution in [3.63, 3.8) is 0 Å². The normalized spacial score (nSPS) is 8.43. The maximum atomic E-state index is 10.6. The number of hydrogen-bond acceptors (Lipinski definition) is 2. The molecule has 0 bridgehead atoms. The summed E-state index contributed by atoms with van der Waals surface area (Å²) in [6.07, 6.45) is 0.928. The van der Waals surface area contributed by atoms with Crippen molar-refractivity contribution in [2.75, 3.05) is 20.3 Å². The molecule has 1 N–H and O–H groups in total. The van der Waals surface area contributed by atoms with Gasteiger partial charge in [0.15, 0.2) is 0 Å². The largest absolute Gasteiger partial charge is 1.00 e. The molecule has 3 nitrogen and oxygen atoms in total. The summed E-state index contributed by atoms with van der Waals surface area (Å²) < 4.78 is 5.06. The molecule has 1 amide bonds. The van der Waals surface area contributed by atoms with Crippen LogP contribution < -0.4 is 56.7 Å². The third-order valence-corrected chi connectivity index (χ3v) is 1.26. The van der Waals surface area contributed by atoms with Crippen LogP contribution in [0.2, 0.25) is 0 Å². The van der Waals surface area contributed by atoms with Crippen molar-refractivity contribution in [3.05, 3.63) is 5.92 Å². The third-order valence-electron chi connectivity index (χ3n) is 1.26. The second kappa shape index (κ2) is 16.5. The number of carbonyl (C=O) groups is 1. The standard InChI is InChI=1S/C8H16NO2.C2H6.K/c1-7(2)4-5-11-6-8(10)9-3;1-2;/h4-6H2,1-3H3,(H,9,10);1-2H3;/q-1;;+1. The van der Waals surface area contributed by atoms with Gasteiger partial charge in [-0.05, 0) is 0 Å². The molecule has 0 aromatic carbocycles. The summed E-state index contributed by atoms with van der Waals surface area (Å²) in [5.74, 6) is 1.25. The van der Waals surface area contributed by atoms with Gasteiger partial charge in [-0.15, -0.1) is 0 Å². The van der Waals surface area contributed by atoms with E-state index in [1.807, 2.05) is 27.7 Å². The van der Waals surface area contributed by atoms with E-state index in [4.69, 9.17) is 4.74 Å². The first kappa shape index (κ1) is 20.5. The van der Waals surface area contributed by atoms with Crippen molar-refractivity contribution >= 4 is 5.91 Å². The van der Waals surface area contributed by atoms with E-state index in [9.17, 15) is 4.79 Å². The fraction of sp³-hybridized carbons (Fsp3) is 0.800. The first-order valence-corrected chi connectivity index (χ1v) is 4.74. The molecule has 0 fully saturated rings. The van der Waals surface area contributed by atoms with Crippen LogP contribution in [0.4, 0.5) is 0 Å². The van der Waals surface area contributed by atoms with E-state index in [0.717, 1.165) is 6.42 Å². The smallest absolute Gasteiger partial charge is 0.374 e. The first-order chi connectivity index (χ1) is 6.16. The number of likely N-dealkylation sites (N-methyl/N-ethyl adjacent to an activating group) is 1. The molecule has 0 unspecified atom stereocenters. The summed E-state index contributed by atoms with van der Waals surface area (Å²) in [6, 6.07) is 0. The second-order valence-corrected chi connectivity index (χ2v) is 2.68. The van der Waals surface area contributed by atoms with E-state index in [-0.39, 0.29) is 63.9 Å².